The van der Waals surface area contributed by atoms with E-state index < -0.39 is 10.0 Å². The molecular weight excluding hydrogens is 320 g/mol. The molecule has 1 heterocycles. The van der Waals surface area contributed by atoms with E-state index in [0.29, 0.717) is 18.0 Å². The van der Waals surface area contributed by atoms with Crippen molar-refractivity contribution in [3.05, 3.63) is 24.3 Å². The number of benzene rings is 1. The normalized spacial score (nSPS) is 18.3. The van der Waals surface area contributed by atoms with Crippen LogP contribution in [0.1, 0.15) is 12.8 Å². The highest BCUT2D eigenvalue weighted by Gasteiger charge is 2.33. The fourth-order valence-corrected chi connectivity index (χ4v) is 4.47. The number of methoxy groups -OCH3 is 1. The molecule has 0 aliphatic carbocycles. The van der Waals surface area contributed by atoms with Crippen LogP contribution in [0.25, 0.3) is 0 Å². The zero-order valence-corrected chi connectivity index (χ0v) is 14.7. The van der Waals surface area contributed by atoms with Gasteiger partial charge in [0.15, 0.2) is 0 Å². The van der Waals surface area contributed by atoms with E-state index in [4.69, 9.17) is 4.74 Å². The van der Waals surface area contributed by atoms with Crippen LogP contribution in [0.3, 0.4) is 0 Å². The number of hydrogen-bond acceptors (Lipinski definition) is 5. The lowest BCUT2D eigenvalue weighted by Gasteiger charge is -2.37. The van der Waals surface area contributed by atoms with Gasteiger partial charge in [-0.1, -0.05) is 6.07 Å². The van der Waals surface area contributed by atoms with Gasteiger partial charge < -0.3 is 10.1 Å². The molecule has 0 radical (unpaired) electrons. The quantitative estimate of drug-likeness (QED) is 0.737. The fourth-order valence-electron chi connectivity index (χ4n) is 2.74. The second-order valence-electron chi connectivity index (χ2n) is 5.69. The summed E-state index contributed by atoms with van der Waals surface area (Å²) in [6.07, 6.45) is 3.75. The van der Waals surface area contributed by atoms with Crippen LogP contribution >= 0.6 is 11.8 Å². The average Bonchev–Trinajstić information content (AvgIpc) is 2.54. The Labute approximate surface area is 137 Å². The van der Waals surface area contributed by atoms with Gasteiger partial charge in [0.25, 0.3) is 0 Å². The maximum atomic E-state index is 12.5. The number of ether oxygens (including phenoxy) is 1. The van der Waals surface area contributed by atoms with Gasteiger partial charge in [-0.2, -0.15) is 0 Å². The summed E-state index contributed by atoms with van der Waals surface area (Å²) in [5.41, 5.74) is -0.121. The van der Waals surface area contributed by atoms with Crippen LogP contribution in [-0.2, 0) is 14.8 Å². The summed E-state index contributed by atoms with van der Waals surface area (Å²) < 4.78 is 33.1. The first-order valence-corrected chi connectivity index (χ1v) is 10.1. The van der Waals surface area contributed by atoms with Crippen molar-refractivity contribution in [2.45, 2.75) is 22.6 Å². The Kier molecular flexibility index (Phi) is 6.28. The van der Waals surface area contributed by atoms with Crippen molar-refractivity contribution in [3.8, 4) is 0 Å². The number of rotatable bonds is 7. The summed E-state index contributed by atoms with van der Waals surface area (Å²) >= 11 is 1.53. The number of hydrogen-bond donors (Lipinski definition) is 2. The lowest BCUT2D eigenvalue weighted by molar-refractivity contribution is 0.0577. The zero-order chi connectivity index (χ0) is 16.1. The molecule has 0 atom stereocenters. The van der Waals surface area contributed by atoms with Gasteiger partial charge in [0.1, 0.15) is 0 Å². The van der Waals surface area contributed by atoms with Gasteiger partial charge in [-0.25, -0.2) is 13.1 Å². The Bertz CT molecular complexity index is 579. The van der Waals surface area contributed by atoms with Crippen LogP contribution < -0.4 is 10.0 Å². The van der Waals surface area contributed by atoms with Crippen molar-refractivity contribution in [1.82, 2.24) is 10.0 Å². The number of piperidine rings is 1. The smallest absolute Gasteiger partial charge is 0.240 e. The Morgan fingerprint density at radius 3 is 2.73 bits per heavy atom. The average molecular weight is 345 g/mol. The Morgan fingerprint density at radius 1 is 1.36 bits per heavy atom. The molecule has 1 aromatic carbocycles. The molecule has 0 aromatic heterocycles. The highest BCUT2D eigenvalue weighted by Crippen LogP contribution is 2.29. The van der Waals surface area contributed by atoms with Crippen LogP contribution in [0, 0.1) is 5.41 Å². The van der Waals surface area contributed by atoms with Crippen LogP contribution in [0.2, 0.25) is 0 Å². The highest BCUT2D eigenvalue weighted by molar-refractivity contribution is 7.98. The molecule has 0 unspecified atom stereocenters. The summed E-state index contributed by atoms with van der Waals surface area (Å²) in [5, 5.41) is 3.31. The molecule has 0 saturated carbocycles. The molecule has 1 aromatic rings. The van der Waals surface area contributed by atoms with E-state index in [1.165, 1.54) is 11.8 Å². The van der Waals surface area contributed by atoms with Crippen LogP contribution in [0.5, 0.6) is 0 Å². The third kappa shape index (κ3) is 4.45. The maximum Gasteiger partial charge on any atom is 0.240 e. The fraction of sp³-hybridized carbons (Fsp3) is 0.600. The molecular formula is C15H24N2O3S2. The van der Waals surface area contributed by atoms with E-state index in [-0.39, 0.29) is 5.41 Å². The van der Waals surface area contributed by atoms with E-state index in [0.717, 1.165) is 30.8 Å². The molecule has 2 N–H and O–H groups in total. The van der Waals surface area contributed by atoms with Crippen molar-refractivity contribution in [3.63, 3.8) is 0 Å². The number of thioether (sulfide) groups is 1. The molecule has 5 nitrogen and oxygen atoms in total. The monoisotopic (exact) mass is 344 g/mol. The maximum absolute atomic E-state index is 12.5. The molecule has 2 rings (SSSR count). The van der Waals surface area contributed by atoms with Crippen LogP contribution in [0.4, 0.5) is 0 Å². The first kappa shape index (κ1) is 17.7. The second-order valence-corrected chi connectivity index (χ2v) is 8.33. The van der Waals surface area contributed by atoms with Crippen molar-refractivity contribution in [1.29, 1.82) is 0 Å². The lowest BCUT2D eigenvalue weighted by Crippen LogP contribution is -2.47. The summed E-state index contributed by atoms with van der Waals surface area (Å²) in [7, 11) is -1.82. The second kappa shape index (κ2) is 7.79. The third-order valence-corrected chi connectivity index (χ3v) is 6.23. The van der Waals surface area contributed by atoms with E-state index >= 15 is 0 Å². The number of nitrogens with one attached hydrogen (secondary N) is 2. The number of sulfonamides is 1. The van der Waals surface area contributed by atoms with E-state index in [1.54, 1.807) is 25.3 Å². The van der Waals surface area contributed by atoms with E-state index in [9.17, 15) is 8.42 Å². The molecule has 0 spiro atoms. The van der Waals surface area contributed by atoms with Gasteiger partial charge in [0.05, 0.1) is 11.5 Å². The van der Waals surface area contributed by atoms with Crippen molar-refractivity contribution in [2.24, 2.45) is 5.41 Å². The molecule has 0 amide bonds. The van der Waals surface area contributed by atoms with Crippen LogP contribution in [0.15, 0.2) is 34.1 Å². The first-order chi connectivity index (χ1) is 10.5. The molecule has 124 valence electrons. The van der Waals surface area contributed by atoms with Gasteiger partial charge in [0, 0.05) is 24.0 Å². The minimum atomic E-state index is -3.49. The SMILES string of the molecule is COCC1(CNS(=O)(=O)c2cccc(SC)c2)CCNCC1. The van der Waals surface area contributed by atoms with Crippen molar-refractivity contribution >= 4 is 21.8 Å². The summed E-state index contributed by atoms with van der Waals surface area (Å²) in [6.45, 7) is 2.77. The van der Waals surface area contributed by atoms with Crippen molar-refractivity contribution < 1.29 is 13.2 Å². The van der Waals surface area contributed by atoms with Gasteiger partial charge in [-0.05, 0) is 50.4 Å². The molecule has 0 bridgehead atoms. The summed E-state index contributed by atoms with van der Waals surface area (Å²) in [4.78, 5) is 1.26. The predicted octanol–water partition coefficient (Wildman–Crippen LogP) is 1.70. The molecule has 1 aliphatic heterocycles. The molecule has 1 saturated heterocycles. The van der Waals surface area contributed by atoms with Gasteiger partial charge in [-0.3, -0.25) is 0 Å². The molecule has 22 heavy (non-hydrogen) atoms. The van der Waals surface area contributed by atoms with E-state index in [2.05, 4.69) is 10.0 Å². The first-order valence-electron chi connectivity index (χ1n) is 7.35. The standard InChI is InChI=1S/C15H24N2O3S2/c1-20-12-15(6-8-16-9-7-15)11-17-22(18,19)14-5-3-4-13(10-14)21-2/h3-5,10,16-17H,6-9,11-12H2,1-2H3. The minimum Gasteiger partial charge on any atom is -0.384 e. The topological polar surface area (TPSA) is 67.4 Å². The molecule has 1 fully saturated rings. The van der Waals surface area contributed by atoms with Gasteiger partial charge >= 0.3 is 0 Å². The third-order valence-electron chi connectivity index (χ3n) is 4.10. The molecule has 7 heteroatoms. The lowest BCUT2D eigenvalue weighted by atomic mass is 9.80. The largest absolute Gasteiger partial charge is 0.384 e. The highest BCUT2D eigenvalue weighted by atomic mass is 32.2. The van der Waals surface area contributed by atoms with Gasteiger partial charge in [0.2, 0.25) is 10.0 Å². The predicted molar refractivity (Wildman–Crippen MR) is 89.8 cm³/mol. The summed E-state index contributed by atoms with van der Waals surface area (Å²) in [5.74, 6) is 0. The minimum absolute atomic E-state index is 0.121. The molecule has 1 aliphatic rings. The Morgan fingerprint density at radius 2 is 2.09 bits per heavy atom. The Hall–Kier alpha value is -0.600. The van der Waals surface area contributed by atoms with Crippen LogP contribution in [-0.4, -0.2) is 48.0 Å². The zero-order valence-electron chi connectivity index (χ0n) is 13.1. The van der Waals surface area contributed by atoms with Gasteiger partial charge in [-0.15, -0.1) is 11.8 Å². The Balaban J connectivity index is 2.10. The van der Waals surface area contributed by atoms with Crippen molar-refractivity contribution in [2.75, 3.05) is 39.6 Å². The van der Waals surface area contributed by atoms with E-state index in [1.807, 2.05) is 12.3 Å². The summed E-state index contributed by atoms with van der Waals surface area (Å²) in [6, 6.07) is 7.02.